The molecule has 2 heterocycles. The summed E-state index contributed by atoms with van der Waals surface area (Å²) in [4.78, 5) is 24.1. The van der Waals surface area contributed by atoms with Crippen LogP contribution in [0.2, 0.25) is 0 Å². The van der Waals surface area contributed by atoms with Crippen molar-refractivity contribution in [2.75, 3.05) is 18.5 Å². The summed E-state index contributed by atoms with van der Waals surface area (Å²) in [6.45, 7) is 1.50. The van der Waals surface area contributed by atoms with E-state index < -0.39 is 0 Å². The van der Waals surface area contributed by atoms with Crippen molar-refractivity contribution in [1.82, 2.24) is 5.32 Å². The van der Waals surface area contributed by atoms with E-state index in [0.717, 1.165) is 29.6 Å². The van der Waals surface area contributed by atoms with Crippen LogP contribution < -0.4 is 15.4 Å². The standard InChI is InChI=1S/C19H18N2O3S2.ClH/c22-18-17(26-19(23)21-18)9-12-5-7-13(8-6-12)24-11-14-10-20-15-3-1-2-4-16(15)25-14;/h1-8,14,17,20H,9-11H2,(H,21,22,23);1H. The summed E-state index contributed by atoms with van der Waals surface area (Å²) in [5.41, 5.74) is 2.20. The summed E-state index contributed by atoms with van der Waals surface area (Å²) in [5, 5.41) is 5.51. The fourth-order valence-electron chi connectivity index (χ4n) is 2.91. The minimum Gasteiger partial charge on any atom is -0.492 e. The van der Waals surface area contributed by atoms with Crippen LogP contribution in [0.15, 0.2) is 53.4 Å². The van der Waals surface area contributed by atoms with Crippen molar-refractivity contribution < 1.29 is 14.3 Å². The molecule has 8 heteroatoms. The monoisotopic (exact) mass is 422 g/mol. The lowest BCUT2D eigenvalue weighted by atomic mass is 10.1. The Morgan fingerprint density at radius 3 is 2.56 bits per heavy atom. The number of para-hydroxylation sites is 1. The van der Waals surface area contributed by atoms with E-state index in [9.17, 15) is 9.59 Å². The number of carbonyl (C=O) groups excluding carboxylic acids is 2. The molecule has 0 saturated carbocycles. The zero-order chi connectivity index (χ0) is 17.9. The van der Waals surface area contributed by atoms with E-state index in [-0.39, 0.29) is 28.8 Å². The molecule has 0 bridgehead atoms. The molecule has 0 aromatic heterocycles. The number of nitrogens with one attached hydrogen (secondary N) is 2. The summed E-state index contributed by atoms with van der Waals surface area (Å²) in [5.74, 6) is 0.607. The number of benzene rings is 2. The van der Waals surface area contributed by atoms with Crippen molar-refractivity contribution >= 4 is 52.8 Å². The molecular weight excluding hydrogens is 404 g/mol. The normalized spacial score (nSPS) is 20.9. The van der Waals surface area contributed by atoms with Crippen LogP contribution in [0.3, 0.4) is 0 Å². The molecule has 0 radical (unpaired) electrons. The molecule has 27 heavy (non-hydrogen) atoms. The van der Waals surface area contributed by atoms with Gasteiger partial charge >= 0.3 is 0 Å². The Kier molecular flexibility index (Phi) is 6.57. The number of ether oxygens (including phenoxy) is 1. The van der Waals surface area contributed by atoms with Crippen molar-refractivity contribution in [3.05, 3.63) is 54.1 Å². The zero-order valence-electron chi connectivity index (χ0n) is 14.3. The van der Waals surface area contributed by atoms with Gasteiger partial charge < -0.3 is 10.1 Å². The van der Waals surface area contributed by atoms with Crippen molar-refractivity contribution in [3.8, 4) is 5.75 Å². The highest BCUT2D eigenvalue weighted by molar-refractivity contribution is 8.15. The third-order valence-electron chi connectivity index (χ3n) is 4.25. The molecule has 2 aromatic rings. The lowest BCUT2D eigenvalue weighted by Crippen LogP contribution is -2.27. The minimum absolute atomic E-state index is 0. The van der Waals surface area contributed by atoms with Crippen LogP contribution in [0, 0.1) is 0 Å². The molecule has 0 aliphatic carbocycles. The van der Waals surface area contributed by atoms with Crippen molar-refractivity contribution in [2.24, 2.45) is 0 Å². The second-order valence-electron chi connectivity index (χ2n) is 6.16. The van der Waals surface area contributed by atoms with E-state index in [0.29, 0.717) is 18.3 Å². The van der Waals surface area contributed by atoms with Gasteiger partial charge in [0.1, 0.15) is 12.4 Å². The number of hydrogen-bond donors (Lipinski definition) is 2. The van der Waals surface area contributed by atoms with Crippen LogP contribution in [0.4, 0.5) is 10.5 Å². The average Bonchev–Trinajstić information content (AvgIpc) is 2.98. The maximum atomic E-state index is 11.6. The second kappa shape index (κ2) is 8.91. The number of carbonyl (C=O) groups is 2. The zero-order valence-corrected chi connectivity index (χ0v) is 16.8. The van der Waals surface area contributed by atoms with Gasteiger partial charge in [-0.15, -0.1) is 24.2 Å². The fraction of sp³-hybridized carbons (Fsp3) is 0.263. The van der Waals surface area contributed by atoms with E-state index in [1.165, 1.54) is 10.6 Å². The predicted molar refractivity (Wildman–Crippen MR) is 112 cm³/mol. The van der Waals surface area contributed by atoms with Crippen molar-refractivity contribution in [1.29, 1.82) is 0 Å². The van der Waals surface area contributed by atoms with Gasteiger partial charge in [-0.2, -0.15) is 0 Å². The Morgan fingerprint density at radius 2 is 1.81 bits per heavy atom. The van der Waals surface area contributed by atoms with E-state index in [1.54, 1.807) is 0 Å². The lowest BCUT2D eigenvalue weighted by Gasteiger charge is -2.25. The first-order valence-corrected chi connectivity index (χ1v) is 10.2. The van der Waals surface area contributed by atoms with Crippen molar-refractivity contribution in [2.45, 2.75) is 21.8 Å². The van der Waals surface area contributed by atoms with Gasteiger partial charge in [0.25, 0.3) is 5.24 Å². The van der Waals surface area contributed by atoms with Crippen LogP contribution in [0.5, 0.6) is 5.75 Å². The summed E-state index contributed by atoms with van der Waals surface area (Å²) < 4.78 is 5.92. The molecule has 2 amide bonds. The molecule has 2 aromatic carbocycles. The highest BCUT2D eigenvalue weighted by atomic mass is 35.5. The first-order chi connectivity index (χ1) is 12.7. The minimum atomic E-state index is -0.334. The quantitative estimate of drug-likeness (QED) is 0.760. The maximum absolute atomic E-state index is 11.6. The molecule has 2 aliphatic rings. The second-order valence-corrected chi connectivity index (χ2v) is 8.68. The summed E-state index contributed by atoms with van der Waals surface area (Å²) >= 11 is 2.89. The van der Waals surface area contributed by atoms with Gasteiger partial charge in [-0.1, -0.05) is 36.0 Å². The molecule has 2 unspecified atom stereocenters. The molecule has 5 nitrogen and oxygen atoms in total. The molecule has 4 rings (SSSR count). The predicted octanol–water partition coefficient (Wildman–Crippen LogP) is 3.97. The van der Waals surface area contributed by atoms with Crippen LogP contribution in [-0.2, 0) is 11.2 Å². The van der Waals surface area contributed by atoms with E-state index in [4.69, 9.17) is 4.74 Å². The first-order valence-electron chi connectivity index (χ1n) is 8.40. The van der Waals surface area contributed by atoms with Gasteiger partial charge in [-0.05, 0) is 36.2 Å². The van der Waals surface area contributed by atoms with E-state index in [1.807, 2.05) is 48.2 Å². The number of imide groups is 1. The molecule has 1 saturated heterocycles. The number of halogens is 1. The van der Waals surface area contributed by atoms with Crippen LogP contribution in [-0.4, -0.2) is 34.8 Å². The Hall–Kier alpha value is -1.83. The highest BCUT2D eigenvalue weighted by Gasteiger charge is 2.31. The van der Waals surface area contributed by atoms with E-state index in [2.05, 4.69) is 22.8 Å². The summed E-state index contributed by atoms with van der Waals surface area (Å²) in [7, 11) is 0. The smallest absolute Gasteiger partial charge is 0.286 e. The Bertz CT molecular complexity index is 832. The van der Waals surface area contributed by atoms with Gasteiger partial charge in [0.05, 0.1) is 10.5 Å². The average molecular weight is 423 g/mol. The Balaban J connectivity index is 0.00000210. The summed E-state index contributed by atoms with van der Waals surface area (Å²) in [6.07, 6.45) is 0.543. The lowest BCUT2D eigenvalue weighted by molar-refractivity contribution is -0.118. The third-order valence-corrected chi connectivity index (χ3v) is 6.48. The topological polar surface area (TPSA) is 67.4 Å². The maximum Gasteiger partial charge on any atom is 0.286 e. The van der Waals surface area contributed by atoms with Gasteiger partial charge in [0.15, 0.2) is 0 Å². The molecule has 2 atom stereocenters. The Labute approximate surface area is 172 Å². The van der Waals surface area contributed by atoms with Gasteiger partial charge in [-0.25, -0.2) is 0 Å². The molecule has 2 N–H and O–H groups in total. The molecule has 2 aliphatic heterocycles. The van der Waals surface area contributed by atoms with Crippen LogP contribution in [0.25, 0.3) is 0 Å². The Morgan fingerprint density at radius 1 is 1.04 bits per heavy atom. The summed E-state index contributed by atoms with van der Waals surface area (Å²) in [6, 6.07) is 16.0. The SMILES string of the molecule is Cl.O=C1NC(=O)C(Cc2ccc(OCC3CNc4ccccc4S3)cc2)S1. The molecule has 0 spiro atoms. The number of hydrogen-bond acceptors (Lipinski definition) is 6. The number of fused-ring (bicyclic) bond motifs is 1. The molecular formula is C19H19ClN2O3S2. The first kappa shape index (κ1) is 19.9. The fourth-order valence-corrected chi connectivity index (χ4v) is 4.85. The van der Waals surface area contributed by atoms with Crippen LogP contribution >= 0.6 is 35.9 Å². The molecule has 142 valence electrons. The van der Waals surface area contributed by atoms with Gasteiger partial charge in [0.2, 0.25) is 5.91 Å². The number of anilines is 1. The molecule has 1 fully saturated rings. The van der Waals surface area contributed by atoms with E-state index >= 15 is 0 Å². The number of rotatable bonds is 5. The van der Waals surface area contributed by atoms with Crippen LogP contribution in [0.1, 0.15) is 5.56 Å². The number of amides is 2. The largest absolute Gasteiger partial charge is 0.492 e. The third kappa shape index (κ3) is 4.91. The van der Waals surface area contributed by atoms with Crippen molar-refractivity contribution in [3.63, 3.8) is 0 Å². The van der Waals surface area contributed by atoms with Gasteiger partial charge in [-0.3, -0.25) is 14.9 Å². The van der Waals surface area contributed by atoms with Gasteiger partial charge in [0, 0.05) is 17.1 Å². The highest BCUT2D eigenvalue weighted by Crippen LogP contribution is 2.34. The number of thioether (sulfide) groups is 2.